The molecule has 110 valence electrons. The zero-order valence-corrected chi connectivity index (χ0v) is 12.2. The molecule has 0 aliphatic carbocycles. The summed E-state index contributed by atoms with van der Waals surface area (Å²) in [5.41, 5.74) is 0. The van der Waals surface area contributed by atoms with Crippen LogP contribution in [0.4, 0.5) is 0 Å². The molecule has 0 saturated carbocycles. The SMILES string of the molecule is CCNC(=O)CN(CC)C(=O)CCC1CCNCC1. The Morgan fingerprint density at radius 1 is 1.26 bits per heavy atom. The quantitative estimate of drug-likeness (QED) is 0.717. The van der Waals surface area contributed by atoms with Crippen molar-refractivity contribution in [2.45, 2.75) is 39.5 Å². The normalized spacial score (nSPS) is 16.1. The minimum Gasteiger partial charge on any atom is -0.355 e. The van der Waals surface area contributed by atoms with Gasteiger partial charge in [-0.3, -0.25) is 9.59 Å². The molecule has 1 heterocycles. The Morgan fingerprint density at radius 2 is 1.95 bits per heavy atom. The third-order valence-corrected chi connectivity index (χ3v) is 3.67. The average molecular weight is 269 g/mol. The summed E-state index contributed by atoms with van der Waals surface area (Å²) >= 11 is 0. The van der Waals surface area contributed by atoms with Crippen LogP contribution in [0.3, 0.4) is 0 Å². The Balaban J connectivity index is 2.29. The lowest BCUT2D eigenvalue weighted by Crippen LogP contribution is -2.40. The molecule has 1 fully saturated rings. The van der Waals surface area contributed by atoms with Gasteiger partial charge in [0.2, 0.25) is 11.8 Å². The van der Waals surface area contributed by atoms with Gasteiger partial charge in [-0.25, -0.2) is 0 Å². The van der Waals surface area contributed by atoms with E-state index in [4.69, 9.17) is 0 Å². The van der Waals surface area contributed by atoms with Gasteiger partial charge in [0.1, 0.15) is 0 Å². The van der Waals surface area contributed by atoms with Crippen molar-refractivity contribution < 1.29 is 9.59 Å². The highest BCUT2D eigenvalue weighted by molar-refractivity contribution is 5.84. The second-order valence-corrected chi connectivity index (χ2v) is 5.09. The van der Waals surface area contributed by atoms with Gasteiger partial charge < -0.3 is 15.5 Å². The van der Waals surface area contributed by atoms with E-state index in [0.29, 0.717) is 25.4 Å². The minimum atomic E-state index is -0.0698. The van der Waals surface area contributed by atoms with Gasteiger partial charge in [0.25, 0.3) is 0 Å². The maximum Gasteiger partial charge on any atom is 0.239 e. The molecular formula is C14H27N3O2. The van der Waals surface area contributed by atoms with Gasteiger partial charge in [0, 0.05) is 19.5 Å². The lowest BCUT2D eigenvalue weighted by Gasteiger charge is -2.24. The van der Waals surface area contributed by atoms with Gasteiger partial charge >= 0.3 is 0 Å². The average Bonchev–Trinajstić information content (AvgIpc) is 2.43. The van der Waals surface area contributed by atoms with Gasteiger partial charge in [-0.05, 0) is 52.1 Å². The lowest BCUT2D eigenvalue weighted by atomic mass is 9.93. The van der Waals surface area contributed by atoms with Crippen molar-refractivity contribution in [1.29, 1.82) is 0 Å². The maximum absolute atomic E-state index is 12.1. The Kier molecular flexibility index (Phi) is 7.48. The monoisotopic (exact) mass is 269 g/mol. The van der Waals surface area contributed by atoms with E-state index in [0.717, 1.165) is 32.4 Å². The Bertz CT molecular complexity index is 288. The molecule has 1 saturated heterocycles. The molecule has 1 aliphatic heterocycles. The molecule has 5 heteroatoms. The molecule has 0 spiro atoms. The van der Waals surface area contributed by atoms with Crippen LogP contribution in [0.15, 0.2) is 0 Å². The highest BCUT2D eigenvalue weighted by Crippen LogP contribution is 2.18. The minimum absolute atomic E-state index is 0.0698. The molecule has 0 aromatic rings. The molecule has 0 atom stereocenters. The summed E-state index contributed by atoms with van der Waals surface area (Å²) in [6.45, 7) is 7.33. The summed E-state index contributed by atoms with van der Waals surface area (Å²) < 4.78 is 0. The van der Waals surface area contributed by atoms with E-state index in [1.807, 2.05) is 13.8 Å². The van der Waals surface area contributed by atoms with Crippen LogP contribution in [-0.2, 0) is 9.59 Å². The summed E-state index contributed by atoms with van der Waals surface area (Å²) in [7, 11) is 0. The highest BCUT2D eigenvalue weighted by atomic mass is 16.2. The zero-order valence-electron chi connectivity index (χ0n) is 12.2. The number of carbonyl (C=O) groups is 2. The topological polar surface area (TPSA) is 61.4 Å². The van der Waals surface area contributed by atoms with Crippen LogP contribution in [0.2, 0.25) is 0 Å². The third kappa shape index (κ3) is 6.05. The number of nitrogens with zero attached hydrogens (tertiary/aromatic N) is 1. The molecule has 0 bridgehead atoms. The Hall–Kier alpha value is -1.10. The van der Waals surface area contributed by atoms with Crippen molar-refractivity contribution in [3.8, 4) is 0 Å². The number of rotatable bonds is 7. The molecule has 0 aromatic carbocycles. The summed E-state index contributed by atoms with van der Waals surface area (Å²) in [6, 6.07) is 0. The Labute approximate surface area is 116 Å². The van der Waals surface area contributed by atoms with E-state index in [9.17, 15) is 9.59 Å². The smallest absolute Gasteiger partial charge is 0.239 e. The van der Waals surface area contributed by atoms with E-state index >= 15 is 0 Å². The third-order valence-electron chi connectivity index (χ3n) is 3.67. The number of nitrogens with one attached hydrogen (secondary N) is 2. The fourth-order valence-corrected chi connectivity index (χ4v) is 2.46. The van der Waals surface area contributed by atoms with E-state index in [-0.39, 0.29) is 18.4 Å². The van der Waals surface area contributed by atoms with E-state index in [1.54, 1.807) is 4.90 Å². The van der Waals surface area contributed by atoms with Crippen molar-refractivity contribution in [3.63, 3.8) is 0 Å². The molecule has 1 rings (SSSR count). The van der Waals surface area contributed by atoms with Crippen LogP contribution in [0.1, 0.15) is 39.5 Å². The predicted molar refractivity (Wildman–Crippen MR) is 75.8 cm³/mol. The first kappa shape index (κ1) is 16.0. The van der Waals surface area contributed by atoms with Gasteiger partial charge in [-0.2, -0.15) is 0 Å². The predicted octanol–water partition coefficient (Wildman–Crippen LogP) is 0.751. The largest absolute Gasteiger partial charge is 0.355 e. The number of hydrogen-bond donors (Lipinski definition) is 2. The first-order valence-corrected chi connectivity index (χ1v) is 7.42. The van der Waals surface area contributed by atoms with Crippen LogP contribution in [0, 0.1) is 5.92 Å². The van der Waals surface area contributed by atoms with Crippen LogP contribution in [0.5, 0.6) is 0 Å². The van der Waals surface area contributed by atoms with E-state index in [1.165, 1.54) is 0 Å². The van der Waals surface area contributed by atoms with Gasteiger partial charge in [0.15, 0.2) is 0 Å². The number of carbonyl (C=O) groups excluding carboxylic acids is 2. The number of likely N-dealkylation sites (N-methyl/N-ethyl adjacent to an activating group) is 2. The zero-order chi connectivity index (χ0) is 14.1. The van der Waals surface area contributed by atoms with Crippen molar-refractivity contribution >= 4 is 11.8 Å². The molecule has 0 aromatic heterocycles. The number of hydrogen-bond acceptors (Lipinski definition) is 3. The molecule has 0 radical (unpaired) electrons. The second-order valence-electron chi connectivity index (χ2n) is 5.09. The fraction of sp³-hybridized carbons (Fsp3) is 0.857. The molecule has 5 nitrogen and oxygen atoms in total. The number of piperidine rings is 1. The van der Waals surface area contributed by atoms with Crippen molar-refractivity contribution in [2.75, 3.05) is 32.7 Å². The number of amides is 2. The Morgan fingerprint density at radius 3 is 2.53 bits per heavy atom. The molecule has 2 N–H and O–H groups in total. The molecule has 1 aliphatic rings. The summed E-state index contributed by atoms with van der Waals surface area (Å²) in [5.74, 6) is 0.695. The standard InChI is InChI=1S/C14H27N3O2/c1-3-16-13(18)11-17(4-2)14(19)6-5-12-7-9-15-10-8-12/h12,15H,3-11H2,1-2H3,(H,16,18). The van der Waals surface area contributed by atoms with Gasteiger partial charge in [-0.1, -0.05) is 0 Å². The fourth-order valence-electron chi connectivity index (χ4n) is 2.46. The van der Waals surface area contributed by atoms with E-state index < -0.39 is 0 Å². The van der Waals surface area contributed by atoms with E-state index in [2.05, 4.69) is 10.6 Å². The van der Waals surface area contributed by atoms with Crippen LogP contribution < -0.4 is 10.6 Å². The first-order chi connectivity index (χ1) is 9.17. The molecule has 19 heavy (non-hydrogen) atoms. The molecular weight excluding hydrogens is 242 g/mol. The lowest BCUT2D eigenvalue weighted by molar-refractivity contribution is -0.136. The van der Waals surface area contributed by atoms with Crippen LogP contribution in [-0.4, -0.2) is 49.4 Å². The molecule has 0 unspecified atom stereocenters. The van der Waals surface area contributed by atoms with Crippen molar-refractivity contribution in [2.24, 2.45) is 5.92 Å². The van der Waals surface area contributed by atoms with Crippen molar-refractivity contribution in [3.05, 3.63) is 0 Å². The van der Waals surface area contributed by atoms with Crippen LogP contribution in [0.25, 0.3) is 0 Å². The summed E-state index contributed by atoms with van der Waals surface area (Å²) in [5, 5.41) is 6.06. The summed E-state index contributed by atoms with van der Waals surface area (Å²) in [4.78, 5) is 25.2. The van der Waals surface area contributed by atoms with Gasteiger partial charge in [-0.15, -0.1) is 0 Å². The van der Waals surface area contributed by atoms with Crippen molar-refractivity contribution in [1.82, 2.24) is 15.5 Å². The highest BCUT2D eigenvalue weighted by Gasteiger charge is 2.18. The summed E-state index contributed by atoms with van der Waals surface area (Å²) in [6.07, 6.45) is 3.84. The first-order valence-electron chi connectivity index (χ1n) is 7.42. The molecule has 2 amide bonds. The van der Waals surface area contributed by atoms with Crippen LogP contribution >= 0.6 is 0 Å². The maximum atomic E-state index is 12.1. The van der Waals surface area contributed by atoms with Gasteiger partial charge in [0.05, 0.1) is 6.54 Å². The second kappa shape index (κ2) is 8.91.